The van der Waals surface area contributed by atoms with Gasteiger partial charge in [-0.3, -0.25) is 19.8 Å². The van der Waals surface area contributed by atoms with Crippen LogP contribution in [-0.4, -0.2) is 86.9 Å². The molecule has 0 bridgehead atoms. The monoisotopic (exact) mass is 666 g/mol. The SMILES string of the molecule is [2H]N[C@@H](Cc1cnc[nH]1)C(=O)N[C@@H](Cc1ccccc1)C(=O)N1C2CC[C@H](COc3ccc4ccccc4c3)N2C(=O)[C@@H]1CCCNC(=N)N. The van der Waals surface area contributed by atoms with Crippen LogP contribution in [0, 0.1) is 5.41 Å². The number of rotatable bonds is 15. The second-order valence-electron chi connectivity index (χ2n) is 12.6. The second-order valence-corrected chi connectivity index (χ2v) is 12.6. The second kappa shape index (κ2) is 15.2. The third kappa shape index (κ3) is 7.83. The molecule has 4 aromatic rings. The van der Waals surface area contributed by atoms with Crippen molar-refractivity contribution in [1.82, 2.24) is 30.4 Å². The average Bonchev–Trinajstić information content (AvgIpc) is 3.86. The van der Waals surface area contributed by atoms with E-state index in [0.717, 1.165) is 16.3 Å². The largest absolute Gasteiger partial charge is 0.491 e. The number of hydrogen-bond donors (Lipinski definition) is 6. The van der Waals surface area contributed by atoms with E-state index in [4.69, 9.17) is 17.3 Å². The first-order chi connectivity index (χ1) is 24.3. The van der Waals surface area contributed by atoms with Gasteiger partial charge >= 0.3 is 0 Å². The van der Waals surface area contributed by atoms with Gasteiger partial charge in [-0.25, -0.2) is 4.98 Å². The number of H-pyrrole nitrogens is 1. The lowest BCUT2D eigenvalue weighted by atomic mass is 10.0. The van der Waals surface area contributed by atoms with E-state index in [-0.39, 0.29) is 43.3 Å². The normalized spacial score (nSPS) is 20.0. The van der Waals surface area contributed by atoms with E-state index >= 15 is 0 Å². The molecule has 2 aliphatic rings. The molecule has 0 saturated carbocycles. The molecule has 13 heteroatoms. The minimum atomic E-state index is -0.999. The van der Waals surface area contributed by atoms with E-state index in [9.17, 15) is 14.4 Å². The number of aromatic amines is 1. The number of guanidine groups is 1. The first-order valence-corrected chi connectivity index (χ1v) is 16.6. The Morgan fingerprint density at radius 1 is 1.08 bits per heavy atom. The summed E-state index contributed by atoms with van der Waals surface area (Å²) in [6.45, 7) is 0.644. The Hall–Kier alpha value is -5.43. The van der Waals surface area contributed by atoms with Gasteiger partial charge in [0.2, 0.25) is 17.7 Å². The lowest BCUT2D eigenvalue weighted by Crippen LogP contribution is -2.56. The Kier molecular flexibility index (Phi) is 9.97. The summed E-state index contributed by atoms with van der Waals surface area (Å²) in [5.41, 5.74) is 9.30. The first kappa shape index (κ1) is 32.1. The van der Waals surface area contributed by atoms with Gasteiger partial charge in [0.25, 0.3) is 0 Å². The number of aromatic nitrogens is 2. The molecule has 13 nitrogen and oxygen atoms in total. The van der Waals surface area contributed by atoms with E-state index in [1.54, 1.807) is 16.0 Å². The lowest BCUT2D eigenvalue weighted by molar-refractivity contribution is -0.140. The van der Waals surface area contributed by atoms with Crippen LogP contribution in [-0.2, 0) is 27.2 Å². The molecule has 3 aromatic carbocycles. The fourth-order valence-corrected chi connectivity index (χ4v) is 6.87. The molecule has 2 saturated heterocycles. The number of hydrogen-bond acceptors (Lipinski definition) is 7. The first-order valence-electron chi connectivity index (χ1n) is 17.1. The van der Waals surface area contributed by atoms with E-state index in [1.165, 1.54) is 6.33 Å². The molecule has 2 fully saturated rings. The molecule has 49 heavy (non-hydrogen) atoms. The molecule has 1 unspecified atom stereocenters. The van der Waals surface area contributed by atoms with E-state index in [2.05, 4.69) is 26.3 Å². The van der Waals surface area contributed by atoms with Crippen molar-refractivity contribution in [2.45, 2.75) is 68.9 Å². The highest BCUT2D eigenvalue weighted by molar-refractivity contribution is 5.96. The molecular weight excluding hydrogens is 622 g/mol. The van der Waals surface area contributed by atoms with Crippen molar-refractivity contribution in [1.29, 1.82) is 5.41 Å². The van der Waals surface area contributed by atoms with Crippen molar-refractivity contribution in [3.63, 3.8) is 0 Å². The summed E-state index contributed by atoms with van der Waals surface area (Å²) in [7, 11) is 0. The summed E-state index contributed by atoms with van der Waals surface area (Å²) in [6, 6.07) is 20.4. The van der Waals surface area contributed by atoms with Crippen molar-refractivity contribution < 1.29 is 20.5 Å². The minimum absolute atomic E-state index is 0.162. The Bertz CT molecular complexity index is 1790. The zero-order chi connectivity index (χ0) is 35.0. The fourth-order valence-electron chi connectivity index (χ4n) is 6.87. The Labute approximate surface area is 286 Å². The molecule has 3 heterocycles. The zero-order valence-corrected chi connectivity index (χ0v) is 27.2. The predicted octanol–water partition coefficient (Wildman–Crippen LogP) is 2.03. The zero-order valence-electron chi connectivity index (χ0n) is 28.2. The number of nitrogens with two attached hydrogens (primary N) is 2. The molecule has 3 amide bonds. The number of nitrogens with one attached hydrogen (secondary N) is 4. The summed E-state index contributed by atoms with van der Waals surface area (Å²) in [6.07, 6.45) is 5.00. The standard InChI is InChI=1S/C36H43N9O4/c37-29(19-26-20-40-22-42-26)33(46)43-30(17-23-7-2-1-3-8-23)34(47)45-31(11-6-16-41-36(38)39)35(48)44-27(13-15-32(44)45)21-49-28-14-12-24-9-4-5-10-25(24)18-28/h1-5,7-10,12,14,18,20,22,27,29-32H,6,11,13,15-17,19,21,37H2,(H,40,42)(H,43,46)(H4,38,39,41)/t27-,29+,30+,31+,32?/m1/s1/i/hD. The molecule has 0 aliphatic carbocycles. The number of fused-ring (bicyclic) bond motifs is 2. The smallest absolute Gasteiger partial charge is 0.247 e. The van der Waals surface area contributed by atoms with Crippen LogP contribution in [0.1, 0.15) is 36.9 Å². The Morgan fingerprint density at radius 3 is 2.63 bits per heavy atom. The van der Waals surface area contributed by atoms with Gasteiger partial charge in [-0.15, -0.1) is 0 Å². The number of nitrogens with zero attached hydrogens (tertiary/aromatic N) is 3. The van der Waals surface area contributed by atoms with E-state index < -0.39 is 30.2 Å². The highest BCUT2D eigenvalue weighted by atomic mass is 16.5. The van der Waals surface area contributed by atoms with Gasteiger partial charge in [-0.05, 0) is 54.2 Å². The molecule has 256 valence electrons. The van der Waals surface area contributed by atoms with Gasteiger partial charge in [0.05, 0.1) is 18.4 Å². The third-order valence-electron chi connectivity index (χ3n) is 9.25. The number of ether oxygens (including phenoxy) is 1. The van der Waals surface area contributed by atoms with Crippen molar-refractivity contribution in [2.75, 3.05) is 13.2 Å². The average molecular weight is 667 g/mol. The Balaban J connectivity index is 1.23. The summed E-state index contributed by atoms with van der Waals surface area (Å²) < 4.78 is 14.1. The maximum absolute atomic E-state index is 14.7. The third-order valence-corrected chi connectivity index (χ3v) is 9.25. The fraction of sp³-hybridized carbons (Fsp3) is 0.361. The number of carbonyl (C=O) groups is 3. The highest BCUT2D eigenvalue weighted by Gasteiger charge is 2.54. The van der Waals surface area contributed by atoms with Crippen molar-refractivity contribution in [2.24, 2.45) is 11.5 Å². The van der Waals surface area contributed by atoms with Gasteiger partial charge in [-0.2, -0.15) is 0 Å². The summed E-state index contributed by atoms with van der Waals surface area (Å²) >= 11 is 0. The number of imidazole rings is 1. The van der Waals surface area contributed by atoms with Crippen LogP contribution in [0.25, 0.3) is 10.8 Å². The van der Waals surface area contributed by atoms with E-state index in [1.807, 2.05) is 72.8 Å². The molecule has 5 atom stereocenters. The molecule has 1 aromatic heterocycles. The van der Waals surface area contributed by atoms with Gasteiger partial charge in [-0.1, -0.05) is 60.7 Å². The molecule has 8 N–H and O–H groups in total. The van der Waals surface area contributed by atoms with Crippen LogP contribution in [0.2, 0.25) is 1.41 Å². The number of benzene rings is 3. The number of amides is 3. The summed E-state index contributed by atoms with van der Waals surface area (Å²) in [5.74, 6) is -0.501. The van der Waals surface area contributed by atoms with Crippen LogP contribution >= 0.6 is 0 Å². The minimum Gasteiger partial charge on any atom is -0.491 e. The van der Waals surface area contributed by atoms with Crippen LogP contribution in [0.15, 0.2) is 85.3 Å². The maximum atomic E-state index is 14.7. The topological polar surface area (TPSA) is 196 Å². The summed E-state index contributed by atoms with van der Waals surface area (Å²) in [5, 5.41) is 15.4. The molecule has 0 spiro atoms. The molecular formula is C36H43N9O4. The van der Waals surface area contributed by atoms with Crippen LogP contribution in [0.5, 0.6) is 5.75 Å². The molecule has 2 aliphatic heterocycles. The van der Waals surface area contributed by atoms with Gasteiger partial charge < -0.3 is 41.6 Å². The summed E-state index contributed by atoms with van der Waals surface area (Å²) in [4.78, 5) is 52.9. The maximum Gasteiger partial charge on any atom is 0.247 e. The van der Waals surface area contributed by atoms with Crippen molar-refractivity contribution in [3.8, 4) is 5.75 Å². The highest BCUT2D eigenvalue weighted by Crippen LogP contribution is 2.37. The molecule has 6 rings (SSSR count). The van der Waals surface area contributed by atoms with Crippen molar-refractivity contribution >= 4 is 34.5 Å². The lowest BCUT2D eigenvalue weighted by Gasteiger charge is -2.32. The van der Waals surface area contributed by atoms with Crippen molar-refractivity contribution in [3.05, 3.63) is 96.6 Å². The van der Waals surface area contributed by atoms with Gasteiger partial charge in [0.15, 0.2) is 5.96 Å². The quantitative estimate of drug-likeness (QED) is 0.0630. The van der Waals surface area contributed by atoms with Gasteiger partial charge in [0, 0.05) is 31.3 Å². The number of carbonyl (C=O) groups excluding carboxylic acids is 3. The van der Waals surface area contributed by atoms with Crippen LogP contribution < -0.4 is 26.8 Å². The predicted molar refractivity (Wildman–Crippen MR) is 185 cm³/mol. The van der Waals surface area contributed by atoms with Crippen LogP contribution in [0.4, 0.5) is 0 Å². The van der Waals surface area contributed by atoms with E-state index in [0.29, 0.717) is 43.7 Å². The Morgan fingerprint density at radius 2 is 1.88 bits per heavy atom. The molecule has 0 radical (unpaired) electrons. The van der Waals surface area contributed by atoms with Crippen LogP contribution in [0.3, 0.4) is 0 Å². The van der Waals surface area contributed by atoms with Gasteiger partial charge in [0.1, 0.15) is 32.0 Å².